The highest BCUT2D eigenvalue weighted by atomic mass is 16.5. The molecule has 6 heteroatoms. The van der Waals surface area contributed by atoms with E-state index in [1.807, 2.05) is 24.3 Å². The molecule has 38 heavy (non-hydrogen) atoms. The van der Waals surface area contributed by atoms with E-state index in [9.17, 15) is 9.90 Å². The van der Waals surface area contributed by atoms with Gasteiger partial charge in [-0.1, -0.05) is 37.3 Å². The van der Waals surface area contributed by atoms with E-state index >= 15 is 0 Å². The number of aliphatic carboxylic acids is 1. The number of hydrogen-bond donors (Lipinski definition) is 1. The molecule has 0 aliphatic carbocycles. The molecule has 6 nitrogen and oxygen atoms in total. The Morgan fingerprint density at radius 1 is 1.08 bits per heavy atom. The van der Waals surface area contributed by atoms with Crippen LogP contribution >= 0.6 is 0 Å². The van der Waals surface area contributed by atoms with E-state index in [1.54, 1.807) is 20.2 Å². The number of benzene rings is 2. The topological polar surface area (TPSA) is 71.9 Å². The Bertz CT molecular complexity index is 1260. The maximum atomic E-state index is 11.3. The van der Waals surface area contributed by atoms with Gasteiger partial charge in [-0.3, -0.25) is 9.69 Å². The van der Waals surface area contributed by atoms with Crippen LogP contribution in [0.5, 0.6) is 11.6 Å². The van der Waals surface area contributed by atoms with Crippen molar-refractivity contribution in [2.24, 2.45) is 5.92 Å². The Balaban J connectivity index is 1.67. The van der Waals surface area contributed by atoms with Crippen molar-refractivity contribution in [1.82, 2.24) is 9.88 Å². The van der Waals surface area contributed by atoms with Crippen molar-refractivity contribution in [2.45, 2.75) is 78.6 Å². The second-order valence-electron chi connectivity index (χ2n) is 10.9. The minimum absolute atomic E-state index is 0.0547. The van der Waals surface area contributed by atoms with Crippen molar-refractivity contribution in [3.05, 3.63) is 77.0 Å². The van der Waals surface area contributed by atoms with Crippen LogP contribution in [-0.4, -0.2) is 40.2 Å². The van der Waals surface area contributed by atoms with Crippen molar-refractivity contribution < 1.29 is 19.4 Å². The molecule has 4 rings (SSSR count). The van der Waals surface area contributed by atoms with E-state index in [2.05, 4.69) is 61.8 Å². The maximum Gasteiger partial charge on any atom is 0.306 e. The molecule has 0 amide bonds. The van der Waals surface area contributed by atoms with Crippen LogP contribution in [0.1, 0.15) is 69.4 Å². The minimum atomic E-state index is -0.780. The molecule has 0 spiro atoms. The summed E-state index contributed by atoms with van der Waals surface area (Å²) in [4.78, 5) is 18.1. The molecular formula is C32H40N2O4. The Labute approximate surface area is 226 Å². The van der Waals surface area contributed by atoms with Gasteiger partial charge in [-0.25, -0.2) is 4.98 Å². The molecule has 2 atom stereocenters. The van der Waals surface area contributed by atoms with Gasteiger partial charge in [-0.05, 0) is 92.5 Å². The fraction of sp³-hybridized carbons (Fsp3) is 0.438. The molecule has 202 valence electrons. The third kappa shape index (κ3) is 6.36. The third-order valence-corrected chi connectivity index (χ3v) is 7.48. The zero-order chi connectivity index (χ0) is 27.4. The summed E-state index contributed by atoms with van der Waals surface area (Å²) < 4.78 is 11.9. The van der Waals surface area contributed by atoms with E-state index in [-0.39, 0.29) is 6.10 Å². The molecule has 0 radical (unpaired) electrons. The Hall–Kier alpha value is -3.38. The quantitative estimate of drug-likeness (QED) is 0.323. The van der Waals surface area contributed by atoms with Crippen LogP contribution in [0.25, 0.3) is 11.1 Å². The summed E-state index contributed by atoms with van der Waals surface area (Å²) in [5, 5.41) is 9.32. The lowest BCUT2D eigenvalue weighted by atomic mass is 9.91. The van der Waals surface area contributed by atoms with Crippen LogP contribution in [0, 0.1) is 5.92 Å². The number of aromatic nitrogens is 1. The number of carbonyl (C=O) groups is 1. The Morgan fingerprint density at radius 3 is 2.53 bits per heavy atom. The summed E-state index contributed by atoms with van der Waals surface area (Å²) in [5.74, 6) is 0.256. The van der Waals surface area contributed by atoms with Crippen LogP contribution in [-0.2, 0) is 24.2 Å². The Morgan fingerprint density at radius 2 is 1.84 bits per heavy atom. The molecule has 2 aromatic carbocycles. The molecule has 2 unspecified atom stereocenters. The fourth-order valence-corrected chi connectivity index (χ4v) is 5.29. The summed E-state index contributed by atoms with van der Waals surface area (Å²) in [5.41, 5.74) is 6.83. The van der Waals surface area contributed by atoms with Crippen LogP contribution in [0.2, 0.25) is 0 Å². The van der Waals surface area contributed by atoms with E-state index in [0.29, 0.717) is 24.4 Å². The molecular weight excluding hydrogens is 476 g/mol. The van der Waals surface area contributed by atoms with Crippen molar-refractivity contribution >= 4 is 5.97 Å². The SMILES string of the molecule is COc1cc(-c2ccc(C3CCc4ccc(CC(C)C(=O)O)cc4O3)cc2CN(C(C)C)C(C)C)ccn1. The van der Waals surface area contributed by atoms with Crippen LogP contribution in [0.15, 0.2) is 54.7 Å². The number of methoxy groups -OCH3 is 1. The first-order valence-corrected chi connectivity index (χ1v) is 13.6. The average Bonchev–Trinajstić information content (AvgIpc) is 2.90. The summed E-state index contributed by atoms with van der Waals surface area (Å²) >= 11 is 0. The van der Waals surface area contributed by atoms with Crippen molar-refractivity contribution in [2.75, 3.05) is 7.11 Å². The molecule has 1 aliphatic rings. The molecule has 3 aromatic rings. The molecule has 1 aromatic heterocycles. The lowest BCUT2D eigenvalue weighted by molar-refractivity contribution is -0.141. The number of carboxylic acids is 1. The van der Waals surface area contributed by atoms with Gasteiger partial charge in [0, 0.05) is 30.9 Å². The first-order chi connectivity index (χ1) is 18.2. The number of carboxylic acid groups (broad SMARTS) is 1. The minimum Gasteiger partial charge on any atom is -0.485 e. The molecule has 2 heterocycles. The first kappa shape index (κ1) is 27.6. The summed E-state index contributed by atoms with van der Waals surface area (Å²) in [6, 6.07) is 17.6. The molecule has 0 saturated carbocycles. The third-order valence-electron chi connectivity index (χ3n) is 7.48. The molecule has 1 aliphatic heterocycles. The molecule has 0 bridgehead atoms. The van der Waals surface area contributed by atoms with Crippen molar-refractivity contribution in [1.29, 1.82) is 0 Å². The molecule has 0 fully saturated rings. The Kier molecular flexibility index (Phi) is 8.72. The number of ether oxygens (including phenoxy) is 2. The number of fused-ring (bicyclic) bond motifs is 1. The second kappa shape index (κ2) is 12.0. The van der Waals surface area contributed by atoms with E-state index in [0.717, 1.165) is 41.8 Å². The molecule has 1 N–H and O–H groups in total. The van der Waals surface area contributed by atoms with Crippen LogP contribution < -0.4 is 9.47 Å². The lowest BCUT2D eigenvalue weighted by Gasteiger charge is -2.32. The first-order valence-electron chi connectivity index (χ1n) is 13.6. The fourth-order valence-electron chi connectivity index (χ4n) is 5.29. The highest BCUT2D eigenvalue weighted by Crippen LogP contribution is 2.38. The monoisotopic (exact) mass is 516 g/mol. The standard InChI is InChI=1S/C32H40N2O4/c1-20(2)34(21(3)4)19-27-17-26(9-11-28(27)25-13-14-33-31(18-25)37-6)29-12-10-24-8-7-23(16-30(24)38-29)15-22(5)32(35)36/h7-9,11,13-14,16-18,20-22,29H,10,12,15,19H2,1-6H3,(H,35,36). The van der Waals surface area contributed by atoms with Crippen LogP contribution in [0.3, 0.4) is 0 Å². The number of pyridine rings is 1. The smallest absolute Gasteiger partial charge is 0.306 e. The van der Waals surface area contributed by atoms with Gasteiger partial charge in [0.1, 0.15) is 11.9 Å². The number of rotatable bonds is 10. The van der Waals surface area contributed by atoms with Gasteiger partial charge in [0.2, 0.25) is 5.88 Å². The summed E-state index contributed by atoms with van der Waals surface area (Å²) in [7, 11) is 1.64. The van der Waals surface area contributed by atoms with Gasteiger partial charge in [-0.15, -0.1) is 0 Å². The van der Waals surface area contributed by atoms with Gasteiger partial charge in [0.15, 0.2) is 0 Å². The van der Waals surface area contributed by atoms with Gasteiger partial charge in [-0.2, -0.15) is 0 Å². The van der Waals surface area contributed by atoms with E-state index in [4.69, 9.17) is 9.47 Å². The number of aryl methyl sites for hydroxylation is 1. The van der Waals surface area contributed by atoms with Crippen molar-refractivity contribution in [3.8, 4) is 22.8 Å². The number of hydrogen-bond acceptors (Lipinski definition) is 5. The zero-order valence-electron chi connectivity index (χ0n) is 23.4. The lowest BCUT2D eigenvalue weighted by Crippen LogP contribution is -2.36. The highest BCUT2D eigenvalue weighted by Gasteiger charge is 2.24. The van der Waals surface area contributed by atoms with Gasteiger partial charge >= 0.3 is 5.97 Å². The van der Waals surface area contributed by atoms with Crippen LogP contribution in [0.4, 0.5) is 0 Å². The maximum absolute atomic E-state index is 11.3. The predicted octanol–water partition coefficient (Wildman–Crippen LogP) is 6.71. The second-order valence-corrected chi connectivity index (χ2v) is 10.9. The molecule has 0 saturated heterocycles. The average molecular weight is 517 g/mol. The zero-order valence-corrected chi connectivity index (χ0v) is 23.4. The predicted molar refractivity (Wildman–Crippen MR) is 151 cm³/mol. The number of nitrogens with zero attached hydrogens (tertiary/aromatic N) is 2. The summed E-state index contributed by atoms with van der Waals surface area (Å²) in [6.45, 7) is 11.5. The van der Waals surface area contributed by atoms with E-state index in [1.165, 1.54) is 16.7 Å². The highest BCUT2D eigenvalue weighted by molar-refractivity contribution is 5.70. The van der Waals surface area contributed by atoms with Gasteiger partial charge in [0.25, 0.3) is 0 Å². The van der Waals surface area contributed by atoms with E-state index < -0.39 is 11.9 Å². The van der Waals surface area contributed by atoms with Crippen molar-refractivity contribution in [3.63, 3.8) is 0 Å². The summed E-state index contributed by atoms with van der Waals surface area (Å²) in [6.07, 6.45) is 4.06. The van der Waals surface area contributed by atoms with Gasteiger partial charge in [0.05, 0.1) is 13.0 Å². The van der Waals surface area contributed by atoms with Gasteiger partial charge < -0.3 is 14.6 Å². The normalized spacial score (nSPS) is 15.9. The largest absolute Gasteiger partial charge is 0.485 e.